The number of carbonyl (C=O) groups is 1. The second-order valence-corrected chi connectivity index (χ2v) is 3.45. The summed E-state index contributed by atoms with van der Waals surface area (Å²) in [5.74, 6) is 0.791. The maximum atomic E-state index is 10.2. The molecule has 14 heavy (non-hydrogen) atoms. The fraction of sp³-hybridized carbons (Fsp3) is 0.400. The lowest BCUT2D eigenvalue weighted by Crippen LogP contribution is -2.04. The summed E-state index contributed by atoms with van der Waals surface area (Å²) in [5, 5.41) is 8.33. The van der Waals surface area contributed by atoms with E-state index in [-0.39, 0.29) is 5.75 Å². The van der Waals surface area contributed by atoms with Crippen LogP contribution in [0, 0.1) is 5.92 Å². The number of hydrogen-bond donors (Lipinski definition) is 1. The van der Waals surface area contributed by atoms with Crippen molar-refractivity contribution in [2.45, 2.75) is 20.3 Å². The first kappa shape index (κ1) is 10.5. The van der Waals surface area contributed by atoms with Crippen molar-refractivity contribution in [1.82, 2.24) is 4.98 Å². The van der Waals surface area contributed by atoms with Gasteiger partial charge in [0.25, 0.3) is 0 Å². The fourth-order valence-corrected chi connectivity index (χ4v) is 1.11. The molecule has 76 valence electrons. The molecule has 0 aliphatic heterocycles. The van der Waals surface area contributed by atoms with Crippen molar-refractivity contribution in [1.29, 1.82) is 0 Å². The van der Waals surface area contributed by atoms with Crippen LogP contribution in [-0.4, -0.2) is 16.2 Å². The molecule has 4 nitrogen and oxygen atoms in total. The Kier molecular flexibility index (Phi) is 3.45. The van der Waals surface area contributed by atoms with Crippen LogP contribution in [0.15, 0.2) is 18.3 Å². The quantitative estimate of drug-likeness (QED) is 0.752. The Balaban J connectivity index is 2.63. The van der Waals surface area contributed by atoms with E-state index in [1.54, 1.807) is 12.1 Å². The van der Waals surface area contributed by atoms with Crippen molar-refractivity contribution in [3.63, 3.8) is 0 Å². The number of hydrogen-bond acceptors (Lipinski definition) is 3. The highest BCUT2D eigenvalue weighted by Crippen LogP contribution is 2.11. The Bertz CT molecular complexity index is 306. The minimum Gasteiger partial charge on any atom is -0.449 e. The maximum absolute atomic E-state index is 10.2. The fourth-order valence-electron chi connectivity index (χ4n) is 1.11. The zero-order valence-corrected chi connectivity index (χ0v) is 8.23. The third-order valence-corrected chi connectivity index (χ3v) is 1.62. The Morgan fingerprint density at radius 3 is 2.71 bits per heavy atom. The average molecular weight is 195 g/mol. The number of nitrogens with zero attached hydrogens (tertiary/aromatic N) is 1. The van der Waals surface area contributed by atoms with Gasteiger partial charge in [-0.05, 0) is 24.5 Å². The molecular weight excluding hydrogens is 182 g/mol. The molecule has 0 amide bonds. The van der Waals surface area contributed by atoms with Gasteiger partial charge in [-0.25, -0.2) is 4.79 Å². The monoisotopic (exact) mass is 195 g/mol. The summed E-state index contributed by atoms with van der Waals surface area (Å²) in [4.78, 5) is 14.3. The van der Waals surface area contributed by atoms with E-state index in [1.165, 1.54) is 6.20 Å². The molecule has 0 aromatic carbocycles. The Labute approximate surface area is 82.5 Å². The number of aromatic nitrogens is 1. The van der Waals surface area contributed by atoms with Gasteiger partial charge in [0.15, 0.2) is 5.75 Å². The molecule has 0 aliphatic carbocycles. The summed E-state index contributed by atoms with van der Waals surface area (Å²) < 4.78 is 4.43. The van der Waals surface area contributed by atoms with Gasteiger partial charge < -0.3 is 9.84 Å². The first-order valence-electron chi connectivity index (χ1n) is 4.43. The highest BCUT2D eigenvalue weighted by atomic mass is 16.7. The third-order valence-electron chi connectivity index (χ3n) is 1.62. The van der Waals surface area contributed by atoms with Gasteiger partial charge in [-0.2, -0.15) is 0 Å². The summed E-state index contributed by atoms with van der Waals surface area (Å²) >= 11 is 0. The summed E-state index contributed by atoms with van der Waals surface area (Å²) in [6.45, 7) is 4.20. The van der Waals surface area contributed by atoms with E-state index in [4.69, 9.17) is 5.11 Å². The highest BCUT2D eigenvalue weighted by molar-refractivity contribution is 5.60. The van der Waals surface area contributed by atoms with Crippen molar-refractivity contribution in [3.8, 4) is 5.75 Å². The van der Waals surface area contributed by atoms with Crippen LogP contribution in [0.2, 0.25) is 0 Å². The molecular formula is C10H13NO3. The standard InChI is InChI=1S/C10H13NO3/c1-7(2)5-8-3-4-9(6-11-8)14-10(12)13/h3-4,6-7H,5H2,1-2H3,(H,12,13). The molecule has 0 saturated carbocycles. The molecule has 1 rings (SSSR count). The van der Waals surface area contributed by atoms with Gasteiger partial charge in [-0.15, -0.1) is 0 Å². The summed E-state index contributed by atoms with van der Waals surface area (Å²) in [6.07, 6.45) is 0.988. The second kappa shape index (κ2) is 4.60. The highest BCUT2D eigenvalue weighted by Gasteiger charge is 2.02. The van der Waals surface area contributed by atoms with Gasteiger partial charge in [0.05, 0.1) is 6.20 Å². The summed E-state index contributed by atoms with van der Waals surface area (Å²) in [5.41, 5.74) is 0.942. The molecule has 1 aromatic rings. The van der Waals surface area contributed by atoms with Gasteiger partial charge in [0, 0.05) is 5.69 Å². The molecule has 0 unspecified atom stereocenters. The molecule has 0 radical (unpaired) electrons. The van der Waals surface area contributed by atoms with Crippen LogP contribution in [0.4, 0.5) is 4.79 Å². The number of pyridine rings is 1. The van der Waals surface area contributed by atoms with Gasteiger partial charge >= 0.3 is 6.16 Å². The Morgan fingerprint density at radius 1 is 1.57 bits per heavy atom. The summed E-state index contributed by atoms with van der Waals surface area (Å²) in [7, 11) is 0. The number of carboxylic acid groups (broad SMARTS) is 1. The molecule has 0 atom stereocenters. The predicted octanol–water partition coefficient (Wildman–Crippen LogP) is 2.34. The smallest absolute Gasteiger partial charge is 0.449 e. The van der Waals surface area contributed by atoms with Crippen molar-refractivity contribution < 1.29 is 14.6 Å². The normalized spacial score (nSPS) is 10.2. The van der Waals surface area contributed by atoms with Crippen molar-refractivity contribution >= 4 is 6.16 Å². The first-order valence-corrected chi connectivity index (χ1v) is 4.43. The molecule has 4 heteroatoms. The summed E-state index contributed by atoms with van der Waals surface area (Å²) in [6, 6.07) is 3.39. The molecule has 1 heterocycles. The molecule has 1 N–H and O–H groups in total. The van der Waals surface area contributed by atoms with Crippen LogP contribution < -0.4 is 4.74 Å². The van der Waals surface area contributed by atoms with Crippen LogP contribution in [-0.2, 0) is 6.42 Å². The largest absolute Gasteiger partial charge is 0.511 e. The molecule has 0 saturated heterocycles. The molecule has 1 aromatic heterocycles. The lowest BCUT2D eigenvalue weighted by molar-refractivity contribution is 0.144. The first-order chi connectivity index (χ1) is 6.58. The Morgan fingerprint density at radius 2 is 2.29 bits per heavy atom. The lowest BCUT2D eigenvalue weighted by atomic mass is 10.1. The van der Waals surface area contributed by atoms with Crippen LogP contribution in [0.25, 0.3) is 0 Å². The van der Waals surface area contributed by atoms with Crippen LogP contribution in [0.3, 0.4) is 0 Å². The minimum atomic E-state index is -1.32. The van der Waals surface area contributed by atoms with Gasteiger partial charge in [-0.3, -0.25) is 4.98 Å². The van der Waals surface area contributed by atoms with E-state index in [0.717, 1.165) is 12.1 Å². The molecule has 0 aliphatic rings. The van der Waals surface area contributed by atoms with E-state index in [1.807, 2.05) is 0 Å². The second-order valence-electron chi connectivity index (χ2n) is 3.45. The van der Waals surface area contributed by atoms with Gasteiger partial charge in [0.1, 0.15) is 0 Å². The number of rotatable bonds is 3. The zero-order chi connectivity index (χ0) is 10.6. The lowest BCUT2D eigenvalue weighted by Gasteiger charge is -2.04. The molecule has 0 bridgehead atoms. The third kappa shape index (κ3) is 3.43. The average Bonchev–Trinajstić information content (AvgIpc) is 2.06. The molecule has 0 fully saturated rings. The minimum absolute atomic E-state index is 0.255. The van der Waals surface area contributed by atoms with Crippen LogP contribution in [0.5, 0.6) is 5.75 Å². The van der Waals surface area contributed by atoms with Crippen molar-refractivity contribution in [2.24, 2.45) is 5.92 Å². The van der Waals surface area contributed by atoms with E-state index in [0.29, 0.717) is 5.92 Å². The van der Waals surface area contributed by atoms with Crippen molar-refractivity contribution in [2.75, 3.05) is 0 Å². The van der Waals surface area contributed by atoms with E-state index in [9.17, 15) is 4.79 Å². The van der Waals surface area contributed by atoms with Gasteiger partial charge in [-0.1, -0.05) is 13.8 Å². The topological polar surface area (TPSA) is 59.4 Å². The van der Waals surface area contributed by atoms with Gasteiger partial charge in [0.2, 0.25) is 0 Å². The number of ether oxygens (including phenoxy) is 1. The molecule has 0 spiro atoms. The van der Waals surface area contributed by atoms with Crippen LogP contribution in [0.1, 0.15) is 19.5 Å². The van der Waals surface area contributed by atoms with Crippen molar-refractivity contribution in [3.05, 3.63) is 24.0 Å². The van der Waals surface area contributed by atoms with E-state index < -0.39 is 6.16 Å². The predicted molar refractivity (Wildman–Crippen MR) is 51.4 cm³/mol. The van der Waals surface area contributed by atoms with E-state index >= 15 is 0 Å². The Hall–Kier alpha value is -1.58. The van der Waals surface area contributed by atoms with E-state index in [2.05, 4.69) is 23.6 Å². The zero-order valence-electron chi connectivity index (χ0n) is 8.23. The maximum Gasteiger partial charge on any atom is 0.511 e. The SMILES string of the molecule is CC(C)Cc1ccc(OC(=O)O)cn1. The van der Waals surface area contributed by atoms with Crippen LogP contribution >= 0.6 is 0 Å².